The highest BCUT2D eigenvalue weighted by Gasteiger charge is 2.27. The van der Waals surface area contributed by atoms with Crippen molar-refractivity contribution in [2.45, 2.75) is 30.8 Å². The van der Waals surface area contributed by atoms with Gasteiger partial charge in [0.2, 0.25) is 0 Å². The zero-order chi connectivity index (χ0) is 20.7. The molecule has 0 heterocycles. The zero-order valence-corrected chi connectivity index (χ0v) is 16.1. The van der Waals surface area contributed by atoms with E-state index in [1.807, 2.05) is 0 Å². The second-order valence-electron chi connectivity index (χ2n) is 6.16. The molecule has 2 rings (SSSR count). The predicted molar refractivity (Wildman–Crippen MR) is 101 cm³/mol. The lowest BCUT2D eigenvalue weighted by Gasteiger charge is -2.26. The molecule has 28 heavy (non-hydrogen) atoms. The number of para-hydroxylation sites is 1. The van der Waals surface area contributed by atoms with E-state index in [0.29, 0.717) is 5.69 Å². The molecule has 0 spiro atoms. The molecule has 7 nitrogen and oxygen atoms in total. The van der Waals surface area contributed by atoms with Crippen molar-refractivity contribution >= 4 is 21.7 Å². The summed E-state index contributed by atoms with van der Waals surface area (Å²) in [6, 6.07) is 11.5. The average Bonchev–Trinajstić information content (AvgIpc) is 2.64. The summed E-state index contributed by atoms with van der Waals surface area (Å²) in [6.07, 6.45) is -0.846. The van der Waals surface area contributed by atoms with Gasteiger partial charge in [0.1, 0.15) is 0 Å². The van der Waals surface area contributed by atoms with Crippen molar-refractivity contribution in [1.29, 1.82) is 0 Å². The van der Waals surface area contributed by atoms with Gasteiger partial charge in [-0.15, -0.1) is 0 Å². The largest absolute Gasteiger partial charge is 0.491 e. The first-order chi connectivity index (χ1) is 13.2. The molecule has 1 unspecified atom stereocenters. The Kier molecular flexibility index (Phi) is 7.36. The van der Waals surface area contributed by atoms with Crippen molar-refractivity contribution in [3.05, 3.63) is 54.3 Å². The summed E-state index contributed by atoms with van der Waals surface area (Å²) in [6.45, 7) is 1.26. The minimum absolute atomic E-state index is 0.00646. The number of rotatable bonds is 10. The van der Waals surface area contributed by atoms with Crippen molar-refractivity contribution < 1.29 is 32.6 Å². The van der Waals surface area contributed by atoms with E-state index in [1.165, 1.54) is 19.1 Å². The van der Waals surface area contributed by atoms with Crippen LogP contribution in [0.15, 0.2) is 53.4 Å². The first kappa shape index (κ1) is 21.6. The van der Waals surface area contributed by atoms with E-state index in [4.69, 9.17) is 9.84 Å². The minimum Gasteiger partial charge on any atom is -0.491 e. The number of halogens is 1. The number of aliphatic carboxylic acids is 1. The number of hydrogen-bond donors (Lipinski definition) is 2. The summed E-state index contributed by atoms with van der Waals surface area (Å²) < 4.78 is 46.5. The highest BCUT2D eigenvalue weighted by atomic mass is 32.2. The number of nitrogens with zero attached hydrogens (tertiary/aromatic N) is 1. The fraction of sp³-hybridized carbons (Fsp3) is 0.316. The quantitative estimate of drug-likeness (QED) is 0.583. The molecule has 0 saturated heterocycles. The molecule has 0 aliphatic heterocycles. The number of aliphatic hydroxyl groups is 1. The van der Waals surface area contributed by atoms with Gasteiger partial charge in [0, 0.05) is 6.42 Å². The standard InChI is InChI=1S/C19H22FNO6S/c1-14(22)13-21(15-6-3-2-4-7-15)28(25,26)16-9-10-18(17(20)12-16)27-11-5-8-19(23)24/h2-4,6-7,9-10,12,14,22H,5,8,11,13H2,1H3,(H,23,24). The van der Waals surface area contributed by atoms with Gasteiger partial charge in [-0.1, -0.05) is 18.2 Å². The predicted octanol–water partition coefficient (Wildman–Crippen LogP) is 2.65. The van der Waals surface area contributed by atoms with E-state index in [-0.39, 0.29) is 36.6 Å². The van der Waals surface area contributed by atoms with Crippen LogP contribution in [-0.2, 0) is 14.8 Å². The normalized spacial score (nSPS) is 12.4. The fourth-order valence-corrected chi connectivity index (χ4v) is 4.03. The Morgan fingerprint density at radius 2 is 1.89 bits per heavy atom. The number of sulfonamides is 1. The summed E-state index contributed by atoms with van der Waals surface area (Å²) in [7, 11) is -4.12. The van der Waals surface area contributed by atoms with Crippen molar-refractivity contribution in [3.63, 3.8) is 0 Å². The lowest BCUT2D eigenvalue weighted by molar-refractivity contribution is -0.137. The monoisotopic (exact) mass is 411 g/mol. The number of anilines is 1. The second kappa shape index (κ2) is 9.52. The molecule has 2 aromatic rings. The molecule has 0 aliphatic carbocycles. The van der Waals surface area contributed by atoms with Gasteiger partial charge in [-0.2, -0.15) is 0 Å². The van der Waals surface area contributed by atoms with Crippen LogP contribution in [0, 0.1) is 5.82 Å². The summed E-state index contributed by atoms with van der Waals surface area (Å²) in [5.74, 6) is -2.02. The number of carboxylic acid groups (broad SMARTS) is 1. The summed E-state index contributed by atoms with van der Waals surface area (Å²) in [5.41, 5.74) is 0.345. The molecular weight excluding hydrogens is 389 g/mol. The first-order valence-electron chi connectivity index (χ1n) is 8.62. The number of carboxylic acids is 1. The van der Waals surface area contributed by atoms with Gasteiger partial charge in [0.15, 0.2) is 11.6 Å². The van der Waals surface area contributed by atoms with E-state index in [2.05, 4.69) is 0 Å². The van der Waals surface area contributed by atoms with Crippen LogP contribution < -0.4 is 9.04 Å². The Morgan fingerprint density at radius 3 is 2.46 bits per heavy atom. The highest BCUT2D eigenvalue weighted by Crippen LogP contribution is 2.27. The van der Waals surface area contributed by atoms with Crippen molar-refractivity contribution in [2.24, 2.45) is 0 Å². The molecule has 0 radical (unpaired) electrons. The Balaban J connectivity index is 2.25. The molecule has 0 fully saturated rings. The average molecular weight is 411 g/mol. The molecule has 2 aromatic carbocycles. The maximum Gasteiger partial charge on any atom is 0.303 e. The molecule has 9 heteroatoms. The van der Waals surface area contributed by atoms with Crippen LogP contribution >= 0.6 is 0 Å². The van der Waals surface area contributed by atoms with Crippen LogP contribution in [0.4, 0.5) is 10.1 Å². The fourth-order valence-electron chi connectivity index (χ4n) is 2.47. The van der Waals surface area contributed by atoms with Gasteiger partial charge in [0.25, 0.3) is 10.0 Å². The lowest BCUT2D eigenvalue weighted by Crippen LogP contribution is -2.36. The van der Waals surface area contributed by atoms with Crippen LogP contribution in [0.2, 0.25) is 0 Å². The van der Waals surface area contributed by atoms with Crippen molar-refractivity contribution in [1.82, 2.24) is 0 Å². The maximum atomic E-state index is 14.3. The molecule has 152 valence electrons. The smallest absolute Gasteiger partial charge is 0.303 e. The molecule has 0 aliphatic rings. The molecule has 0 bridgehead atoms. The summed E-state index contributed by atoms with van der Waals surface area (Å²) >= 11 is 0. The van der Waals surface area contributed by atoms with Gasteiger partial charge in [-0.25, -0.2) is 12.8 Å². The second-order valence-corrected chi connectivity index (χ2v) is 8.02. The van der Waals surface area contributed by atoms with Gasteiger partial charge >= 0.3 is 5.97 Å². The summed E-state index contributed by atoms with van der Waals surface area (Å²) in [5, 5.41) is 18.3. The molecule has 1 atom stereocenters. The van der Waals surface area contributed by atoms with E-state index < -0.39 is 27.9 Å². The van der Waals surface area contributed by atoms with Crippen molar-refractivity contribution in [2.75, 3.05) is 17.5 Å². The van der Waals surface area contributed by atoms with Crippen molar-refractivity contribution in [3.8, 4) is 5.75 Å². The first-order valence-corrected chi connectivity index (χ1v) is 10.1. The topological polar surface area (TPSA) is 104 Å². The van der Waals surface area contributed by atoms with Gasteiger partial charge < -0.3 is 14.9 Å². The van der Waals surface area contributed by atoms with E-state index in [1.54, 1.807) is 30.3 Å². The third-order valence-corrected chi connectivity index (χ3v) is 5.55. The van der Waals surface area contributed by atoms with Crippen LogP contribution in [0.3, 0.4) is 0 Å². The SMILES string of the molecule is CC(O)CN(c1ccccc1)S(=O)(=O)c1ccc(OCCCC(=O)O)c(F)c1. The van der Waals surface area contributed by atoms with Gasteiger partial charge in [-0.05, 0) is 43.7 Å². The van der Waals surface area contributed by atoms with Crippen LogP contribution in [0.1, 0.15) is 19.8 Å². The Labute approximate surface area is 163 Å². The number of hydrogen-bond acceptors (Lipinski definition) is 5. The third kappa shape index (κ3) is 5.67. The number of aliphatic hydroxyl groups excluding tert-OH is 1. The molecule has 2 N–H and O–H groups in total. The van der Waals surface area contributed by atoms with Gasteiger partial charge in [0.05, 0.1) is 29.8 Å². The summed E-state index contributed by atoms with van der Waals surface area (Å²) in [4.78, 5) is 10.2. The van der Waals surface area contributed by atoms with E-state index in [9.17, 15) is 22.7 Å². The van der Waals surface area contributed by atoms with Crippen LogP contribution in [0.5, 0.6) is 5.75 Å². The van der Waals surface area contributed by atoms with E-state index in [0.717, 1.165) is 10.4 Å². The molecular formula is C19H22FNO6S. The molecule has 0 aromatic heterocycles. The minimum atomic E-state index is -4.12. The Bertz CT molecular complexity index is 902. The zero-order valence-electron chi connectivity index (χ0n) is 15.3. The Hall–Kier alpha value is -2.65. The number of benzene rings is 2. The van der Waals surface area contributed by atoms with Gasteiger partial charge in [-0.3, -0.25) is 9.10 Å². The molecule has 0 saturated carbocycles. The highest BCUT2D eigenvalue weighted by molar-refractivity contribution is 7.92. The Morgan fingerprint density at radius 1 is 1.21 bits per heavy atom. The molecule has 0 amide bonds. The van der Waals surface area contributed by atoms with E-state index >= 15 is 0 Å². The third-order valence-electron chi connectivity index (χ3n) is 3.76. The van der Waals surface area contributed by atoms with Crippen LogP contribution in [0.25, 0.3) is 0 Å². The van der Waals surface area contributed by atoms with Crippen LogP contribution in [-0.4, -0.2) is 43.9 Å². The number of carbonyl (C=O) groups is 1. The number of ether oxygens (including phenoxy) is 1. The lowest BCUT2D eigenvalue weighted by atomic mass is 10.3. The maximum absolute atomic E-state index is 14.3.